The molecule has 4 heterocycles. The van der Waals surface area contributed by atoms with Gasteiger partial charge in [-0.25, -0.2) is 9.97 Å². The number of hydrogen-bond donors (Lipinski definition) is 2. The number of thiophene rings is 1. The van der Waals surface area contributed by atoms with Crippen LogP contribution < -0.4 is 15.1 Å². The molecule has 51 heavy (non-hydrogen) atoms. The van der Waals surface area contributed by atoms with Gasteiger partial charge in [0.25, 0.3) is 5.91 Å². The number of likely N-dealkylation sites (tertiary alicyclic amines) is 1. The fraction of sp³-hybridized carbons (Fsp3) is 0.385. The van der Waals surface area contributed by atoms with E-state index in [2.05, 4.69) is 72.1 Å². The zero-order valence-corrected chi connectivity index (χ0v) is 30.3. The van der Waals surface area contributed by atoms with Crippen molar-refractivity contribution in [3.05, 3.63) is 93.9 Å². The number of carboxylic acids is 1. The predicted molar refractivity (Wildman–Crippen MR) is 198 cm³/mol. The van der Waals surface area contributed by atoms with E-state index in [9.17, 15) is 24.3 Å². The van der Waals surface area contributed by atoms with Crippen LogP contribution in [0.5, 0.6) is 0 Å². The monoisotopic (exact) mass is 708 g/mol. The summed E-state index contributed by atoms with van der Waals surface area (Å²) >= 11 is 1.40. The number of aryl methyl sites for hydroxylation is 1. The van der Waals surface area contributed by atoms with Gasteiger partial charge in [-0.3, -0.25) is 19.2 Å². The van der Waals surface area contributed by atoms with Crippen LogP contribution >= 0.6 is 11.3 Å². The third-order valence-corrected chi connectivity index (χ3v) is 10.9. The fourth-order valence-electron chi connectivity index (χ4n) is 6.29. The minimum absolute atomic E-state index is 0.0128. The van der Waals surface area contributed by atoms with E-state index in [0.29, 0.717) is 29.5 Å². The largest absolute Gasteiger partial charge is 0.481 e. The number of aromatic nitrogens is 2. The quantitative estimate of drug-likeness (QED) is 0.217. The first-order valence-corrected chi connectivity index (χ1v) is 18.2. The molecule has 2 aliphatic heterocycles. The number of rotatable bonds is 11. The SMILES string of the molecule is CCCc1ccc(N2CCN(c3cnc(-c4ccc(CC(NC(=O)c5ccc(C(C)(C)C)s5)C(=O)N5CC(C(=O)O)C5)cc4)nc3)C(=O)C2)cc1. The molecular weight excluding hydrogens is 665 g/mol. The van der Waals surface area contributed by atoms with Crippen molar-refractivity contribution in [2.75, 3.05) is 42.5 Å². The van der Waals surface area contributed by atoms with E-state index < -0.39 is 17.9 Å². The van der Waals surface area contributed by atoms with Gasteiger partial charge < -0.3 is 25.1 Å². The number of piperazine rings is 1. The van der Waals surface area contributed by atoms with Crippen molar-refractivity contribution in [3.8, 4) is 11.4 Å². The van der Waals surface area contributed by atoms with E-state index in [-0.39, 0.29) is 49.2 Å². The lowest BCUT2D eigenvalue weighted by Crippen LogP contribution is -2.59. The van der Waals surface area contributed by atoms with Crippen LogP contribution in [-0.4, -0.2) is 82.4 Å². The zero-order chi connectivity index (χ0) is 36.3. The molecule has 0 aliphatic carbocycles. The van der Waals surface area contributed by atoms with Crippen LogP contribution in [0.2, 0.25) is 0 Å². The van der Waals surface area contributed by atoms with Crippen LogP contribution in [-0.2, 0) is 32.6 Å². The zero-order valence-electron chi connectivity index (χ0n) is 29.5. The Morgan fingerprint density at radius 2 is 1.59 bits per heavy atom. The van der Waals surface area contributed by atoms with E-state index in [1.165, 1.54) is 21.8 Å². The van der Waals surface area contributed by atoms with Crippen molar-refractivity contribution in [3.63, 3.8) is 0 Å². The highest BCUT2D eigenvalue weighted by Crippen LogP contribution is 2.30. The Bertz CT molecular complexity index is 1880. The number of amides is 3. The van der Waals surface area contributed by atoms with Crippen molar-refractivity contribution >= 4 is 46.4 Å². The van der Waals surface area contributed by atoms with Crippen LogP contribution in [0.1, 0.15) is 59.8 Å². The van der Waals surface area contributed by atoms with Crippen LogP contribution in [0, 0.1) is 5.92 Å². The average Bonchev–Trinajstić information content (AvgIpc) is 3.60. The molecule has 2 aromatic carbocycles. The van der Waals surface area contributed by atoms with Crippen molar-refractivity contribution in [1.29, 1.82) is 0 Å². The lowest BCUT2D eigenvalue weighted by molar-refractivity contribution is -0.153. The fourth-order valence-corrected chi connectivity index (χ4v) is 7.26. The summed E-state index contributed by atoms with van der Waals surface area (Å²) in [6.45, 7) is 10.2. The molecule has 0 radical (unpaired) electrons. The van der Waals surface area contributed by atoms with Crippen molar-refractivity contribution in [2.45, 2.75) is 58.4 Å². The van der Waals surface area contributed by atoms with E-state index in [1.807, 2.05) is 30.3 Å². The van der Waals surface area contributed by atoms with Gasteiger partial charge in [0.2, 0.25) is 11.8 Å². The van der Waals surface area contributed by atoms with E-state index in [4.69, 9.17) is 0 Å². The minimum Gasteiger partial charge on any atom is -0.481 e. The van der Waals surface area contributed by atoms with Gasteiger partial charge >= 0.3 is 5.97 Å². The second-order valence-electron chi connectivity index (χ2n) is 14.3. The number of anilines is 2. The Morgan fingerprint density at radius 1 is 0.922 bits per heavy atom. The number of nitrogens with one attached hydrogen (secondary N) is 1. The molecule has 11 nitrogen and oxygen atoms in total. The molecule has 2 aromatic heterocycles. The number of nitrogens with zero attached hydrogens (tertiary/aromatic N) is 5. The summed E-state index contributed by atoms with van der Waals surface area (Å²) in [6.07, 6.45) is 5.70. The highest BCUT2D eigenvalue weighted by molar-refractivity contribution is 7.14. The summed E-state index contributed by atoms with van der Waals surface area (Å²) in [6, 6.07) is 18.7. The van der Waals surface area contributed by atoms with E-state index >= 15 is 0 Å². The molecule has 12 heteroatoms. The lowest BCUT2D eigenvalue weighted by atomic mass is 9.95. The summed E-state index contributed by atoms with van der Waals surface area (Å²) in [5.41, 5.74) is 4.45. The molecule has 266 valence electrons. The second kappa shape index (κ2) is 15.0. The highest BCUT2D eigenvalue weighted by Gasteiger charge is 2.39. The number of carbonyl (C=O) groups excluding carboxylic acids is 3. The third-order valence-electron chi connectivity index (χ3n) is 9.38. The molecule has 0 spiro atoms. The summed E-state index contributed by atoms with van der Waals surface area (Å²) < 4.78 is 0. The second-order valence-corrected chi connectivity index (χ2v) is 15.4. The number of carbonyl (C=O) groups is 4. The number of benzene rings is 2. The normalized spacial score (nSPS) is 15.8. The van der Waals surface area contributed by atoms with Crippen molar-refractivity contribution < 1.29 is 24.3 Å². The molecular formula is C39H44N6O5S. The molecule has 2 saturated heterocycles. The summed E-state index contributed by atoms with van der Waals surface area (Å²) in [5, 5.41) is 12.2. The first kappa shape index (κ1) is 35.7. The van der Waals surface area contributed by atoms with Crippen LogP contribution in [0.3, 0.4) is 0 Å². The van der Waals surface area contributed by atoms with Gasteiger partial charge in [-0.2, -0.15) is 0 Å². The van der Waals surface area contributed by atoms with E-state index in [0.717, 1.165) is 34.5 Å². The lowest BCUT2D eigenvalue weighted by Gasteiger charge is -2.38. The van der Waals surface area contributed by atoms with Gasteiger partial charge in [0.1, 0.15) is 6.04 Å². The molecule has 3 amide bonds. The molecule has 4 aromatic rings. The number of aliphatic carboxylic acids is 1. The molecule has 1 atom stereocenters. The topological polar surface area (TPSA) is 136 Å². The maximum atomic E-state index is 13.5. The van der Waals surface area contributed by atoms with Gasteiger partial charge in [0, 0.05) is 48.7 Å². The molecule has 0 saturated carbocycles. The van der Waals surface area contributed by atoms with Crippen LogP contribution in [0.25, 0.3) is 11.4 Å². The predicted octanol–water partition coefficient (Wildman–Crippen LogP) is 5.19. The van der Waals surface area contributed by atoms with Gasteiger partial charge in [-0.1, -0.05) is 70.5 Å². The van der Waals surface area contributed by atoms with Gasteiger partial charge in [-0.15, -0.1) is 11.3 Å². The minimum atomic E-state index is -0.934. The van der Waals surface area contributed by atoms with Crippen molar-refractivity contribution in [1.82, 2.24) is 20.2 Å². The van der Waals surface area contributed by atoms with Gasteiger partial charge in [-0.05, 0) is 47.2 Å². The molecule has 1 unspecified atom stereocenters. The summed E-state index contributed by atoms with van der Waals surface area (Å²) in [7, 11) is 0. The molecule has 2 aliphatic rings. The summed E-state index contributed by atoms with van der Waals surface area (Å²) in [5.74, 6) is -1.69. The van der Waals surface area contributed by atoms with Crippen LogP contribution in [0.15, 0.2) is 73.1 Å². The molecule has 2 fully saturated rings. The maximum Gasteiger partial charge on any atom is 0.310 e. The number of hydrogen-bond acceptors (Lipinski definition) is 8. The Hall–Kier alpha value is -5.10. The molecule has 0 bridgehead atoms. The first-order chi connectivity index (χ1) is 24.4. The summed E-state index contributed by atoms with van der Waals surface area (Å²) in [4.78, 5) is 67.3. The number of carboxylic acid groups (broad SMARTS) is 1. The Kier molecular flexibility index (Phi) is 10.5. The van der Waals surface area contributed by atoms with Crippen LogP contribution in [0.4, 0.5) is 11.4 Å². The Morgan fingerprint density at radius 3 is 2.18 bits per heavy atom. The highest BCUT2D eigenvalue weighted by atomic mass is 32.1. The smallest absolute Gasteiger partial charge is 0.310 e. The van der Waals surface area contributed by atoms with Crippen molar-refractivity contribution in [2.24, 2.45) is 5.92 Å². The first-order valence-electron chi connectivity index (χ1n) is 17.4. The van der Waals surface area contributed by atoms with Gasteiger partial charge in [0.05, 0.1) is 35.4 Å². The average molecular weight is 709 g/mol. The third kappa shape index (κ3) is 8.28. The maximum absolute atomic E-state index is 13.5. The van der Waals surface area contributed by atoms with E-state index in [1.54, 1.807) is 23.4 Å². The standard InChI is InChI=1S/C39H44N6O5S/c1-5-6-25-9-13-29(14-10-25)43-17-18-45(34(46)24-43)30-20-40-35(41-21-30)27-11-7-26(8-12-27)19-31(37(48)44-22-28(23-44)38(49)50)42-36(47)32-15-16-33(51-32)39(2,3)4/h7-16,20-21,28,31H,5-6,17-19,22-24H2,1-4H3,(H,42,47)(H,49,50). The molecule has 6 rings (SSSR count). The molecule has 2 N–H and O–H groups in total. The Labute approximate surface area is 302 Å². The Balaban J connectivity index is 1.10. The van der Waals surface area contributed by atoms with Gasteiger partial charge in [0.15, 0.2) is 5.82 Å².